The zero-order chi connectivity index (χ0) is 22.8. The number of rotatable bonds is 6. The SMILES string of the molecule is COc1ccc(F)cc1C(=O)NCc1ccc(-c2cc(N)n([C@@H](C)C(F)(F)F)n2)cc1. The number of carbonyl (C=O) groups is 1. The van der Waals surface area contributed by atoms with Crippen molar-refractivity contribution in [2.24, 2.45) is 0 Å². The van der Waals surface area contributed by atoms with Crippen molar-refractivity contribution in [2.45, 2.75) is 25.7 Å². The van der Waals surface area contributed by atoms with Crippen molar-refractivity contribution in [3.8, 4) is 17.0 Å². The number of benzene rings is 2. The summed E-state index contributed by atoms with van der Waals surface area (Å²) in [6.45, 7) is 1.13. The first-order valence-electron chi connectivity index (χ1n) is 9.23. The summed E-state index contributed by atoms with van der Waals surface area (Å²) in [6.07, 6.45) is -4.47. The van der Waals surface area contributed by atoms with Crippen LogP contribution in [-0.4, -0.2) is 29.0 Å². The molecule has 3 rings (SSSR count). The number of nitrogen functional groups attached to an aromatic ring is 1. The Kier molecular flexibility index (Phi) is 6.19. The molecule has 0 radical (unpaired) electrons. The van der Waals surface area contributed by atoms with Crippen LogP contribution in [0.3, 0.4) is 0 Å². The number of aromatic nitrogens is 2. The van der Waals surface area contributed by atoms with Gasteiger partial charge < -0.3 is 15.8 Å². The number of nitrogens with one attached hydrogen (secondary N) is 1. The monoisotopic (exact) mass is 436 g/mol. The van der Waals surface area contributed by atoms with Gasteiger partial charge in [0.15, 0.2) is 0 Å². The van der Waals surface area contributed by atoms with Gasteiger partial charge in [-0.1, -0.05) is 24.3 Å². The van der Waals surface area contributed by atoms with Gasteiger partial charge in [-0.15, -0.1) is 0 Å². The second-order valence-electron chi connectivity index (χ2n) is 6.84. The fourth-order valence-electron chi connectivity index (χ4n) is 2.93. The van der Waals surface area contributed by atoms with Crippen molar-refractivity contribution < 1.29 is 27.1 Å². The van der Waals surface area contributed by atoms with Crippen molar-refractivity contribution in [1.29, 1.82) is 0 Å². The van der Waals surface area contributed by atoms with Gasteiger partial charge in [0, 0.05) is 18.2 Å². The van der Waals surface area contributed by atoms with E-state index in [0.29, 0.717) is 11.3 Å². The van der Waals surface area contributed by atoms with Crippen molar-refractivity contribution in [3.63, 3.8) is 0 Å². The lowest BCUT2D eigenvalue weighted by Gasteiger charge is -2.17. The smallest absolute Gasteiger partial charge is 0.410 e. The lowest BCUT2D eigenvalue weighted by atomic mass is 10.1. The normalized spacial score (nSPS) is 12.5. The lowest BCUT2D eigenvalue weighted by molar-refractivity contribution is -0.164. The van der Waals surface area contributed by atoms with Gasteiger partial charge >= 0.3 is 6.18 Å². The molecule has 10 heteroatoms. The Morgan fingerprint density at radius 2 is 1.87 bits per heavy atom. The minimum absolute atomic E-state index is 0.0684. The molecule has 0 bridgehead atoms. The Morgan fingerprint density at radius 1 is 1.19 bits per heavy atom. The molecule has 0 spiro atoms. The van der Waals surface area contributed by atoms with Crippen molar-refractivity contribution in [3.05, 3.63) is 65.5 Å². The Bertz CT molecular complexity index is 1080. The molecule has 0 fully saturated rings. The highest BCUT2D eigenvalue weighted by molar-refractivity contribution is 5.96. The van der Waals surface area contributed by atoms with Crippen molar-refractivity contribution >= 4 is 11.7 Å². The van der Waals surface area contributed by atoms with Crippen LogP contribution in [0.15, 0.2) is 48.5 Å². The summed E-state index contributed by atoms with van der Waals surface area (Å²) in [5, 5.41) is 6.64. The second kappa shape index (κ2) is 8.66. The molecule has 0 saturated carbocycles. The predicted molar refractivity (Wildman–Crippen MR) is 107 cm³/mol. The third-order valence-electron chi connectivity index (χ3n) is 4.71. The molecule has 0 saturated heterocycles. The summed E-state index contributed by atoms with van der Waals surface area (Å²) in [6, 6.07) is 9.87. The van der Waals surface area contributed by atoms with Crippen LogP contribution in [0.25, 0.3) is 11.3 Å². The number of methoxy groups -OCH3 is 1. The van der Waals surface area contributed by atoms with Gasteiger partial charge in [-0.25, -0.2) is 9.07 Å². The third kappa shape index (κ3) is 4.96. The van der Waals surface area contributed by atoms with Gasteiger partial charge in [-0.2, -0.15) is 18.3 Å². The summed E-state index contributed by atoms with van der Waals surface area (Å²) >= 11 is 0. The molecule has 3 aromatic rings. The quantitative estimate of drug-likeness (QED) is 0.564. The van der Waals surface area contributed by atoms with Gasteiger partial charge in [0.05, 0.1) is 18.4 Å². The number of alkyl halides is 3. The summed E-state index contributed by atoms with van der Waals surface area (Å²) in [5.41, 5.74) is 7.36. The Balaban J connectivity index is 1.70. The first-order valence-corrected chi connectivity index (χ1v) is 9.23. The molecular formula is C21H20F4N4O2. The number of nitrogens with zero attached hydrogens (tertiary/aromatic N) is 2. The van der Waals surface area contributed by atoms with E-state index >= 15 is 0 Å². The Hall–Kier alpha value is -3.56. The second-order valence-corrected chi connectivity index (χ2v) is 6.84. The van der Waals surface area contributed by atoms with E-state index in [1.54, 1.807) is 24.3 Å². The minimum atomic E-state index is -4.47. The molecule has 3 N–H and O–H groups in total. The molecule has 1 heterocycles. The summed E-state index contributed by atoms with van der Waals surface area (Å²) in [4.78, 5) is 12.3. The molecule has 1 aromatic heterocycles. The summed E-state index contributed by atoms with van der Waals surface area (Å²) < 4.78 is 58.1. The fraction of sp³-hybridized carbons (Fsp3) is 0.238. The van der Waals surface area contributed by atoms with Crippen LogP contribution in [0.5, 0.6) is 5.75 Å². The van der Waals surface area contributed by atoms with Gasteiger partial charge in [-0.3, -0.25) is 4.79 Å². The van der Waals surface area contributed by atoms with Gasteiger partial charge in [0.2, 0.25) is 0 Å². The van der Waals surface area contributed by atoms with Crippen LogP contribution in [0.1, 0.15) is 28.9 Å². The van der Waals surface area contributed by atoms with Crippen LogP contribution in [0.4, 0.5) is 23.4 Å². The van der Waals surface area contributed by atoms with E-state index < -0.39 is 23.9 Å². The molecule has 0 aliphatic heterocycles. The number of hydrogen-bond acceptors (Lipinski definition) is 4. The van der Waals surface area contributed by atoms with Crippen LogP contribution in [0.2, 0.25) is 0 Å². The zero-order valence-electron chi connectivity index (χ0n) is 16.7. The average molecular weight is 436 g/mol. The molecular weight excluding hydrogens is 416 g/mol. The number of amides is 1. The molecule has 164 valence electrons. The van der Waals surface area contributed by atoms with Crippen LogP contribution in [0, 0.1) is 5.82 Å². The summed E-state index contributed by atoms with van der Waals surface area (Å²) in [5.74, 6) is -0.919. The van der Waals surface area contributed by atoms with Crippen LogP contribution in [-0.2, 0) is 6.54 Å². The van der Waals surface area contributed by atoms with E-state index in [-0.39, 0.29) is 23.7 Å². The van der Waals surface area contributed by atoms with E-state index in [1.165, 1.54) is 25.3 Å². The topological polar surface area (TPSA) is 82.2 Å². The Morgan fingerprint density at radius 3 is 2.48 bits per heavy atom. The largest absolute Gasteiger partial charge is 0.496 e. The van der Waals surface area contributed by atoms with Crippen LogP contribution >= 0.6 is 0 Å². The highest BCUT2D eigenvalue weighted by Crippen LogP contribution is 2.33. The summed E-state index contributed by atoms with van der Waals surface area (Å²) in [7, 11) is 1.38. The Labute approximate surface area is 175 Å². The van der Waals surface area contributed by atoms with E-state index in [1.807, 2.05) is 0 Å². The van der Waals surface area contributed by atoms with E-state index in [0.717, 1.165) is 23.2 Å². The van der Waals surface area contributed by atoms with Gasteiger partial charge in [-0.05, 0) is 30.7 Å². The molecule has 31 heavy (non-hydrogen) atoms. The number of halogens is 4. The lowest BCUT2D eigenvalue weighted by Crippen LogP contribution is -2.25. The van der Waals surface area contributed by atoms with Gasteiger partial charge in [0.25, 0.3) is 5.91 Å². The van der Waals surface area contributed by atoms with E-state index in [4.69, 9.17) is 10.5 Å². The fourth-order valence-corrected chi connectivity index (χ4v) is 2.93. The van der Waals surface area contributed by atoms with Crippen molar-refractivity contribution in [1.82, 2.24) is 15.1 Å². The average Bonchev–Trinajstić information content (AvgIpc) is 3.12. The van der Waals surface area contributed by atoms with E-state index in [9.17, 15) is 22.4 Å². The molecule has 0 aliphatic rings. The molecule has 2 aromatic carbocycles. The number of hydrogen-bond donors (Lipinski definition) is 2. The van der Waals surface area contributed by atoms with E-state index in [2.05, 4.69) is 10.4 Å². The highest BCUT2D eigenvalue weighted by atomic mass is 19.4. The maximum absolute atomic E-state index is 13.4. The molecule has 0 unspecified atom stereocenters. The number of anilines is 1. The first kappa shape index (κ1) is 22.1. The standard InChI is InChI=1S/C21H20F4N4O2/c1-12(21(23,24)25)29-19(26)10-17(28-29)14-5-3-13(4-6-14)11-27-20(30)16-9-15(22)7-8-18(16)31-2/h3-10,12H,11,26H2,1-2H3,(H,27,30)/t12-/m0/s1. The molecule has 1 amide bonds. The number of carbonyl (C=O) groups excluding carboxylic acids is 1. The first-order chi connectivity index (χ1) is 14.6. The maximum Gasteiger partial charge on any atom is 0.410 e. The molecule has 0 aliphatic carbocycles. The zero-order valence-corrected chi connectivity index (χ0v) is 16.7. The van der Waals surface area contributed by atoms with Crippen molar-refractivity contribution in [2.75, 3.05) is 12.8 Å². The van der Waals surface area contributed by atoms with Gasteiger partial charge in [0.1, 0.15) is 23.4 Å². The highest BCUT2D eigenvalue weighted by Gasteiger charge is 2.39. The predicted octanol–water partition coefficient (Wildman–Crippen LogP) is 4.33. The molecule has 6 nitrogen and oxygen atoms in total. The van der Waals surface area contributed by atoms with Crippen LogP contribution < -0.4 is 15.8 Å². The number of ether oxygens (including phenoxy) is 1. The minimum Gasteiger partial charge on any atom is -0.496 e. The number of nitrogens with two attached hydrogens (primary N) is 1. The molecule has 1 atom stereocenters. The maximum atomic E-state index is 13.4. The third-order valence-corrected chi connectivity index (χ3v) is 4.71.